The monoisotopic (exact) mass is 333 g/mol. The van der Waals surface area contributed by atoms with Crippen molar-refractivity contribution in [2.75, 3.05) is 12.4 Å². The Morgan fingerprint density at radius 2 is 2.09 bits per heavy atom. The van der Waals surface area contributed by atoms with Crippen LogP contribution in [-0.2, 0) is 4.79 Å². The highest BCUT2D eigenvalue weighted by atomic mass is 32.2. The molecule has 1 N–H and O–H groups in total. The van der Waals surface area contributed by atoms with Gasteiger partial charge in [0.2, 0.25) is 5.91 Å². The zero-order chi connectivity index (χ0) is 16.3. The van der Waals surface area contributed by atoms with Gasteiger partial charge in [0.15, 0.2) is 5.17 Å². The number of rotatable bonds is 9. The van der Waals surface area contributed by atoms with Gasteiger partial charge in [0, 0.05) is 5.56 Å². The fraction of sp³-hybridized carbons (Fsp3) is 0.471. The van der Waals surface area contributed by atoms with Crippen molar-refractivity contribution >= 4 is 29.1 Å². The Balaban J connectivity index is 1.83. The van der Waals surface area contributed by atoms with Gasteiger partial charge in [-0.3, -0.25) is 4.79 Å². The second-order valence-corrected chi connectivity index (χ2v) is 6.25. The highest BCUT2D eigenvalue weighted by Gasteiger charge is 2.15. The standard InChI is InChI=1S/C17H23N3O2S/c1-2-3-4-5-8-11-22-15-10-7-6-9-14(15)12-18-20-17-19-16(21)13-23-17/h6-7,9-10,12H,2-5,8,11,13H2,1H3,(H,19,20,21)/b18-12-. The van der Waals surface area contributed by atoms with E-state index in [-0.39, 0.29) is 5.91 Å². The van der Waals surface area contributed by atoms with Gasteiger partial charge in [-0.25, -0.2) is 0 Å². The van der Waals surface area contributed by atoms with Gasteiger partial charge < -0.3 is 10.1 Å². The number of carbonyl (C=O) groups excluding carboxylic acids is 1. The molecule has 0 saturated carbocycles. The van der Waals surface area contributed by atoms with Crippen LogP contribution in [0.15, 0.2) is 34.5 Å². The average molecular weight is 333 g/mol. The van der Waals surface area contributed by atoms with Crippen molar-refractivity contribution in [2.24, 2.45) is 10.2 Å². The van der Waals surface area contributed by atoms with Gasteiger partial charge in [0.1, 0.15) is 5.75 Å². The Bertz CT molecular complexity index is 573. The third-order valence-corrected chi connectivity index (χ3v) is 4.22. The van der Waals surface area contributed by atoms with E-state index in [0.717, 1.165) is 24.3 Å². The summed E-state index contributed by atoms with van der Waals surface area (Å²) in [6, 6.07) is 7.76. The Labute approximate surface area is 141 Å². The second kappa shape index (κ2) is 10.0. The Morgan fingerprint density at radius 1 is 1.26 bits per heavy atom. The Kier molecular flexibility index (Phi) is 7.66. The third kappa shape index (κ3) is 6.44. The van der Waals surface area contributed by atoms with Crippen LogP contribution in [0.25, 0.3) is 0 Å². The van der Waals surface area contributed by atoms with Gasteiger partial charge in [0.05, 0.1) is 18.6 Å². The molecule has 1 amide bonds. The molecule has 0 radical (unpaired) electrons. The molecule has 5 nitrogen and oxygen atoms in total. The van der Waals surface area contributed by atoms with Crippen LogP contribution in [0, 0.1) is 0 Å². The minimum Gasteiger partial charge on any atom is -0.493 e. The lowest BCUT2D eigenvalue weighted by Gasteiger charge is -2.08. The van der Waals surface area contributed by atoms with Crippen LogP contribution in [0.2, 0.25) is 0 Å². The predicted octanol–water partition coefficient (Wildman–Crippen LogP) is 3.59. The summed E-state index contributed by atoms with van der Waals surface area (Å²) in [5.74, 6) is 1.19. The van der Waals surface area contributed by atoms with Crippen molar-refractivity contribution in [3.05, 3.63) is 29.8 Å². The quantitative estimate of drug-likeness (QED) is 0.427. The number of thioether (sulfide) groups is 1. The third-order valence-electron chi connectivity index (χ3n) is 3.36. The summed E-state index contributed by atoms with van der Waals surface area (Å²) in [7, 11) is 0. The zero-order valence-electron chi connectivity index (χ0n) is 13.5. The average Bonchev–Trinajstić information content (AvgIpc) is 2.97. The number of benzene rings is 1. The molecular formula is C17H23N3O2S. The van der Waals surface area contributed by atoms with Crippen molar-refractivity contribution in [2.45, 2.75) is 39.0 Å². The molecular weight excluding hydrogens is 310 g/mol. The minimum absolute atomic E-state index is 0.0317. The molecule has 0 aliphatic carbocycles. The van der Waals surface area contributed by atoms with Gasteiger partial charge in [-0.1, -0.05) is 56.5 Å². The smallest absolute Gasteiger partial charge is 0.236 e. The summed E-state index contributed by atoms with van der Waals surface area (Å²) in [6.45, 7) is 2.93. The van der Waals surface area contributed by atoms with E-state index >= 15 is 0 Å². The lowest BCUT2D eigenvalue weighted by Crippen LogP contribution is -2.19. The first kappa shape index (κ1) is 17.5. The van der Waals surface area contributed by atoms with E-state index in [9.17, 15) is 4.79 Å². The van der Waals surface area contributed by atoms with E-state index in [2.05, 4.69) is 22.4 Å². The molecule has 1 saturated heterocycles. The number of nitrogens with zero attached hydrogens (tertiary/aromatic N) is 2. The summed E-state index contributed by atoms with van der Waals surface area (Å²) in [5, 5.41) is 11.2. The van der Waals surface area contributed by atoms with Crippen molar-refractivity contribution in [3.63, 3.8) is 0 Å². The number of amides is 1. The van der Waals surface area contributed by atoms with E-state index in [1.54, 1.807) is 6.21 Å². The van der Waals surface area contributed by atoms with Crippen molar-refractivity contribution in [1.82, 2.24) is 5.32 Å². The van der Waals surface area contributed by atoms with Crippen LogP contribution in [0.4, 0.5) is 0 Å². The van der Waals surface area contributed by atoms with Crippen molar-refractivity contribution in [3.8, 4) is 5.75 Å². The summed E-state index contributed by atoms with van der Waals surface area (Å²) in [6.07, 6.45) is 7.74. The Morgan fingerprint density at radius 3 is 2.87 bits per heavy atom. The van der Waals surface area contributed by atoms with Crippen molar-refractivity contribution < 1.29 is 9.53 Å². The number of unbranched alkanes of at least 4 members (excludes halogenated alkanes) is 4. The molecule has 1 aromatic carbocycles. The van der Waals surface area contributed by atoms with Crippen LogP contribution in [0.5, 0.6) is 5.75 Å². The molecule has 1 aromatic rings. The topological polar surface area (TPSA) is 63.1 Å². The van der Waals surface area contributed by atoms with E-state index in [4.69, 9.17) is 4.74 Å². The minimum atomic E-state index is -0.0317. The SMILES string of the molecule is CCCCCCCOc1ccccc1/C=N\N=C1NC(=O)CS1. The van der Waals surface area contributed by atoms with Crippen LogP contribution in [0.3, 0.4) is 0 Å². The van der Waals surface area contributed by atoms with E-state index in [1.165, 1.54) is 37.4 Å². The van der Waals surface area contributed by atoms with Gasteiger partial charge in [-0.15, -0.1) is 5.10 Å². The Hall–Kier alpha value is -1.82. The van der Waals surface area contributed by atoms with E-state index < -0.39 is 0 Å². The lowest BCUT2D eigenvalue weighted by atomic mass is 10.2. The van der Waals surface area contributed by atoms with Crippen LogP contribution in [-0.4, -0.2) is 29.6 Å². The first-order chi connectivity index (χ1) is 11.3. The van der Waals surface area contributed by atoms with Crippen LogP contribution >= 0.6 is 11.8 Å². The molecule has 23 heavy (non-hydrogen) atoms. The maximum atomic E-state index is 11.1. The number of amidine groups is 1. The highest BCUT2D eigenvalue weighted by Crippen LogP contribution is 2.17. The maximum Gasteiger partial charge on any atom is 0.236 e. The number of carbonyl (C=O) groups is 1. The molecule has 1 fully saturated rings. The predicted molar refractivity (Wildman–Crippen MR) is 96.3 cm³/mol. The van der Waals surface area contributed by atoms with Gasteiger partial charge in [0.25, 0.3) is 0 Å². The van der Waals surface area contributed by atoms with Gasteiger partial charge in [-0.2, -0.15) is 5.10 Å². The number of nitrogens with one attached hydrogen (secondary N) is 1. The highest BCUT2D eigenvalue weighted by molar-refractivity contribution is 8.15. The number of ether oxygens (including phenoxy) is 1. The van der Waals surface area contributed by atoms with Crippen LogP contribution < -0.4 is 10.1 Å². The molecule has 0 atom stereocenters. The molecule has 0 bridgehead atoms. The fourth-order valence-electron chi connectivity index (χ4n) is 2.13. The summed E-state index contributed by atoms with van der Waals surface area (Å²) in [4.78, 5) is 11.1. The normalized spacial score (nSPS) is 16.2. The molecule has 0 unspecified atom stereocenters. The van der Waals surface area contributed by atoms with E-state index in [1.807, 2.05) is 24.3 Å². The number of hydrogen-bond acceptors (Lipinski definition) is 5. The molecule has 124 valence electrons. The van der Waals surface area contributed by atoms with Gasteiger partial charge in [-0.05, 0) is 18.6 Å². The molecule has 2 rings (SSSR count). The molecule has 1 aliphatic rings. The molecule has 0 aromatic heterocycles. The second-order valence-electron chi connectivity index (χ2n) is 5.29. The first-order valence-electron chi connectivity index (χ1n) is 8.05. The molecule has 1 aliphatic heterocycles. The molecule has 0 spiro atoms. The fourth-order valence-corrected chi connectivity index (χ4v) is 2.76. The van der Waals surface area contributed by atoms with Crippen molar-refractivity contribution in [1.29, 1.82) is 0 Å². The summed E-state index contributed by atoms with van der Waals surface area (Å²) in [5.41, 5.74) is 0.889. The summed E-state index contributed by atoms with van der Waals surface area (Å²) >= 11 is 1.36. The zero-order valence-corrected chi connectivity index (χ0v) is 14.3. The molecule has 6 heteroatoms. The number of hydrogen-bond donors (Lipinski definition) is 1. The van der Waals surface area contributed by atoms with Crippen LogP contribution in [0.1, 0.15) is 44.6 Å². The van der Waals surface area contributed by atoms with E-state index in [0.29, 0.717) is 10.9 Å². The lowest BCUT2D eigenvalue weighted by molar-refractivity contribution is -0.116. The largest absolute Gasteiger partial charge is 0.493 e. The summed E-state index contributed by atoms with van der Waals surface area (Å²) < 4.78 is 5.84. The first-order valence-corrected chi connectivity index (χ1v) is 9.03. The van der Waals surface area contributed by atoms with Gasteiger partial charge >= 0.3 is 0 Å². The molecule has 1 heterocycles. The number of para-hydroxylation sites is 1. The maximum absolute atomic E-state index is 11.1.